The number of nitrogen functional groups attached to an aromatic ring is 1. The maximum absolute atomic E-state index is 11.6. The highest BCUT2D eigenvalue weighted by atomic mass is 16.3. The molecule has 3 aromatic rings. The number of fused-ring (bicyclic) bond motifs is 1. The second-order valence-electron chi connectivity index (χ2n) is 9.47. The van der Waals surface area contributed by atoms with Gasteiger partial charge in [-0.05, 0) is 35.6 Å². The molecule has 176 valence electrons. The van der Waals surface area contributed by atoms with Crippen molar-refractivity contribution in [1.82, 2.24) is 9.55 Å². The predicted molar refractivity (Wildman–Crippen MR) is 136 cm³/mol. The SMILES string of the molecule is CCCCCCCCC(C(C)C)n1c(N)nc2ccc(C(O)(CC#N)c3ccccc3)cc21. The van der Waals surface area contributed by atoms with Crippen LogP contribution < -0.4 is 5.73 Å². The molecule has 5 heteroatoms. The molecule has 3 rings (SSSR count). The van der Waals surface area contributed by atoms with Crippen LogP contribution in [0.3, 0.4) is 0 Å². The lowest BCUT2D eigenvalue weighted by molar-refractivity contribution is 0.0861. The molecule has 2 unspecified atom stereocenters. The molecular weight excluding hydrogens is 408 g/mol. The Labute approximate surface area is 198 Å². The number of imidazole rings is 1. The molecular formula is C28H38N4O. The average molecular weight is 447 g/mol. The van der Waals surface area contributed by atoms with Gasteiger partial charge in [-0.2, -0.15) is 5.26 Å². The summed E-state index contributed by atoms with van der Waals surface area (Å²) in [5.74, 6) is 0.909. The van der Waals surface area contributed by atoms with E-state index in [0.717, 1.165) is 23.9 Å². The second kappa shape index (κ2) is 11.3. The molecule has 1 heterocycles. The Hall–Kier alpha value is -2.84. The van der Waals surface area contributed by atoms with Gasteiger partial charge in [0.15, 0.2) is 0 Å². The molecule has 0 saturated heterocycles. The number of aliphatic hydroxyl groups is 1. The molecule has 3 N–H and O–H groups in total. The lowest BCUT2D eigenvalue weighted by Gasteiger charge is -2.28. The Kier molecular flexibility index (Phi) is 8.52. The first-order valence-electron chi connectivity index (χ1n) is 12.3. The van der Waals surface area contributed by atoms with Crippen LogP contribution in [0.5, 0.6) is 0 Å². The van der Waals surface area contributed by atoms with Crippen LogP contribution in [0.25, 0.3) is 11.0 Å². The van der Waals surface area contributed by atoms with E-state index in [1.165, 1.54) is 32.1 Å². The van der Waals surface area contributed by atoms with Gasteiger partial charge in [0.1, 0.15) is 5.60 Å². The molecule has 0 spiro atoms. The lowest BCUT2D eigenvalue weighted by Crippen LogP contribution is -2.27. The first-order chi connectivity index (χ1) is 15.9. The fourth-order valence-electron chi connectivity index (χ4n) is 4.81. The summed E-state index contributed by atoms with van der Waals surface area (Å²) in [6.45, 7) is 6.70. The van der Waals surface area contributed by atoms with Crippen molar-refractivity contribution in [2.45, 2.75) is 83.8 Å². The van der Waals surface area contributed by atoms with Gasteiger partial charge in [0.25, 0.3) is 0 Å². The number of hydrogen-bond donors (Lipinski definition) is 2. The van der Waals surface area contributed by atoms with Gasteiger partial charge in [0, 0.05) is 6.04 Å². The number of benzene rings is 2. The van der Waals surface area contributed by atoms with Gasteiger partial charge in [-0.3, -0.25) is 0 Å². The van der Waals surface area contributed by atoms with Gasteiger partial charge in [-0.1, -0.05) is 95.7 Å². The number of nitrogens with zero attached hydrogens (tertiary/aromatic N) is 3. The van der Waals surface area contributed by atoms with Crippen molar-refractivity contribution in [2.75, 3.05) is 5.73 Å². The molecule has 5 nitrogen and oxygen atoms in total. The molecule has 0 bridgehead atoms. The monoisotopic (exact) mass is 446 g/mol. The second-order valence-corrected chi connectivity index (χ2v) is 9.47. The summed E-state index contributed by atoms with van der Waals surface area (Å²) < 4.78 is 2.15. The van der Waals surface area contributed by atoms with Gasteiger partial charge < -0.3 is 15.4 Å². The van der Waals surface area contributed by atoms with E-state index in [1.54, 1.807) is 0 Å². The van der Waals surface area contributed by atoms with Gasteiger partial charge in [0.05, 0.1) is 23.5 Å². The van der Waals surface area contributed by atoms with Gasteiger partial charge in [-0.25, -0.2) is 4.98 Å². The molecule has 33 heavy (non-hydrogen) atoms. The summed E-state index contributed by atoms with van der Waals surface area (Å²) in [7, 11) is 0. The first-order valence-corrected chi connectivity index (χ1v) is 12.3. The molecule has 2 aromatic carbocycles. The number of nitriles is 1. The largest absolute Gasteiger partial charge is 0.379 e. The number of aromatic nitrogens is 2. The van der Waals surface area contributed by atoms with Crippen LogP contribution in [0.1, 0.15) is 89.3 Å². The summed E-state index contributed by atoms with van der Waals surface area (Å²) in [4.78, 5) is 4.62. The van der Waals surface area contributed by atoms with Crippen molar-refractivity contribution in [3.63, 3.8) is 0 Å². The van der Waals surface area contributed by atoms with E-state index in [2.05, 4.69) is 36.4 Å². The van der Waals surface area contributed by atoms with E-state index in [0.29, 0.717) is 23.0 Å². The molecule has 0 aliphatic carbocycles. The zero-order valence-electron chi connectivity index (χ0n) is 20.3. The van der Waals surface area contributed by atoms with Crippen LogP contribution in [0.2, 0.25) is 0 Å². The molecule has 0 saturated carbocycles. The summed E-state index contributed by atoms with van der Waals surface area (Å²) in [6.07, 6.45) is 8.56. The molecule has 2 atom stereocenters. The van der Waals surface area contributed by atoms with E-state index in [1.807, 2.05) is 48.5 Å². The van der Waals surface area contributed by atoms with Crippen molar-refractivity contribution in [3.05, 3.63) is 59.7 Å². The Morgan fingerprint density at radius 3 is 2.39 bits per heavy atom. The third-order valence-corrected chi connectivity index (χ3v) is 6.74. The molecule has 0 radical (unpaired) electrons. The zero-order valence-corrected chi connectivity index (χ0v) is 20.3. The third-order valence-electron chi connectivity index (χ3n) is 6.74. The normalized spacial score (nSPS) is 14.3. The minimum atomic E-state index is -1.39. The van der Waals surface area contributed by atoms with Crippen LogP contribution in [0.4, 0.5) is 5.95 Å². The molecule has 1 aromatic heterocycles. The van der Waals surface area contributed by atoms with Gasteiger partial charge in [0.2, 0.25) is 5.95 Å². The van der Waals surface area contributed by atoms with Crippen LogP contribution >= 0.6 is 0 Å². The van der Waals surface area contributed by atoms with Gasteiger partial charge in [-0.15, -0.1) is 0 Å². The highest BCUT2D eigenvalue weighted by molar-refractivity contribution is 5.80. The Bertz CT molecular complexity index is 1070. The first kappa shape index (κ1) is 24.8. The predicted octanol–water partition coefficient (Wildman–Crippen LogP) is 6.72. The van der Waals surface area contributed by atoms with Crippen LogP contribution in [-0.4, -0.2) is 14.7 Å². The van der Waals surface area contributed by atoms with E-state index in [-0.39, 0.29) is 12.5 Å². The van der Waals surface area contributed by atoms with E-state index in [9.17, 15) is 10.4 Å². The molecule has 0 aliphatic rings. The topological polar surface area (TPSA) is 87.9 Å². The van der Waals surface area contributed by atoms with E-state index < -0.39 is 5.60 Å². The third kappa shape index (κ3) is 5.57. The Morgan fingerprint density at radius 1 is 1.03 bits per heavy atom. The number of unbranched alkanes of at least 4 members (excludes halogenated alkanes) is 5. The Morgan fingerprint density at radius 2 is 1.73 bits per heavy atom. The van der Waals surface area contributed by atoms with Crippen LogP contribution in [0, 0.1) is 17.2 Å². The van der Waals surface area contributed by atoms with Crippen LogP contribution in [-0.2, 0) is 5.60 Å². The molecule has 0 aliphatic heterocycles. The lowest BCUT2D eigenvalue weighted by atomic mass is 9.84. The van der Waals surface area contributed by atoms with Crippen molar-refractivity contribution in [1.29, 1.82) is 5.26 Å². The summed E-state index contributed by atoms with van der Waals surface area (Å²) in [5, 5.41) is 21.1. The van der Waals surface area contributed by atoms with Crippen molar-refractivity contribution in [2.24, 2.45) is 5.92 Å². The highest BCUT2D eigenvalue weighted by Crippen LogP contribution is 2.37. The van der Waals surface area contributed by atoms with Crippen molar-refractivity contribution in [3.8, 4) is 6.07 Å². The average Bonchev–Trinajstić information content (AvgIpc) is 3.14. The fraction of sp³-hybridized carbons (Fsp3) is 0.500. The number of hydrogen-bond acceptors (Lipinski definition) is 4. The quantitative estimate of drug-likeness (QED) is 0.302. The van der Waals surface area contributed by atoms with Crippen molar-refractivity contribution < 1.29 is 5.11 Å². The number of anilines is 1. The highest BCUT2D eigenvalue weighted by Gasteiger charge is 2.32. The smallest absolute Gasteiger partial charge is 0.201 e. The number of rotatable bonds is 12. The Balaban J connectivity index is 1.97. The maximum Gasteiger partial charge on any atom is 0.201 e. The van der Waals surface area contributed by atoms with E-state index >= 15 is 0 Å². The van der Waals surface area contributed by atoms with E-state index in [4.69, 9.17) is 5.73 Å². The maximum atomic E-state index is 11.6. The fourth-order valence-corrected chi connectivity index (χ4v) is 4.81. The van der Waals surface area contributed by atoms with Crippen LogP contribution in [0.15, 0.2) is 48.5 Å². The standard InChI is InChI=1S/C28H38N4O/c1-4-5-6-7-8-12-15-25(21(2)3)32-26-20-23(16-17-24(26)31-27(32)30)28(33,18-19-29)22-13-10-9-11-14-22/h9-11,13-14,16-17,20-21,25,33H,4-8,12,15,18H2,1-3H3,(H2,30,31). The molecule has 0 amide bonds. The summed E-state index contributed by atoms with van der Waals surface area (Å²) in [6, 6.07) is 17.5. The number of nitrogens with two attached hydrogens (primary N) is 1. The molecule has 0 fully saturated rings. The summed E-state index contributed by atoms with van der Waals surface area (Å²) in [5.41, 5.74) is 8.17. The minimum Gasteiger partial charge on any atom is -0.379 e. The minimum absolute atomic E-state index is 0.0302. The van der Waals surface area contributed by atoms with Gasteiger partial charge >= 0.3 is 0 Å². The summed E-state index contributed by atoms with van der Waals surface area (Å²) >= 11 is 0. The zero-order chi connectivity index (χ0) is 23.8. The van der Waals surface area contributed by atoms with Crippen molar-refractivity contribution >= 4 is 17.0 Å².